The number of halogens is 3. The van der Waals surface area contributed by atoms with Crippen molar-refractivity contribution in [1.29, 1.82) is 0 Å². The van der Waals surface area contributed by atoms with Crippen molar-refractivity contribution in [2.45, 2.75) is 6.10 Å². The van der Waals surface area contributed by atoms with Gasteiger partial charge in [0.05, 0.1) is 11.7 Å². The summed E-state index contributed by atoms with van der Waals surface area (Å²) in [6, 6.07) is 8.32. The zero-order valence-corrected chi connectivity index (χ0v) is 10.8. The number of hydrogen-bond acceptors (Lipinski definition) is 2. The molecule has 110 valence electrons. The number of nitrogens with one attached hydrogen (secondary N) is 1. The van der Waals surface area contributed by atoms with E-state index < -0.39 is 29.5 Å². The maximum absolute atomic E-state index is 13.4. The molecule has 2 aromatic rings. The van der Waals surface area contributed by atoms with E-state index in [-0.39, 0.29) is 17.7 Å². The lowest BCUT2D eigenvalue weighted by molar-refractivity contribution is 0.0912. The summed E-state index contributed by atoms with van der Waals surface area (Å²) in [6.07, 6.45) is -1.23. The first-order chi connectivity index (χ1) is 9.99. The van der Waals surface area contributed by atoms with Gasteiger partial charge < -0.3 is 10.4 Å². The number of aliphatic hydroxyl groups is 1. The Hall–Kier alpha value is -2.34. The van der Waals surface area contributed by atoms with Gasteiger partial charge in [-0.1, -0.05) is 18.2 Å². The van der Waals surface area contributed by atoms with Gasteiger partial charge in [0.15, 0.2) is 11.6 Å². The Morgan fingerprint density at radius 1 is 1.05 bits per heavy atom. The lowest BCUT2D eigenvalue weighted by Crippen LogP contribution is -2.29. The van der Waals surface area contributed by atoms with Crippen LogP contribution in [0.2, 0.25) is 0 Å². The molecule has 1 amide bonds. The second-order valence-corrected chi connectivity index (χ2v) is 4.38. The van der Waals surface area contributed by atoms with Gasteiger partial charge in [-0.15, -0.1) is 0 Å². The zero-order chi connectivity index (χ0) is 15.4. The second kappa shape index (κ2) is 6.41. The molecular weight excluding hydrogens is 283 g/mol. The maximum atomic E-state index is 13.4. The van der Waals surface area contributed by atoms with Crippen molar-refractivity contribution < 1.29 is 23.1 Å². The predicted octanol–water partition coefficient (Wildman–Crippen LogP) is 2.57. The van der Waals surface area contributed by atoms with Crippen LogP contribution in [0.5, 0.6) is 0 Å². The van der Waals surface area contributed by atoms with Crippen molar-refractivity contribution in [3.63, 3.8) is 0 Å². The van der Waals surface area contributed by atoms with Gasteiger partial charge in [0.2, 0.25) is 0 Å². The molecular formula is C15H12F3NO2. The van der Waals surface area contributed by atoms with Crippen LogP contribution in [0.3, 0.4) is 0 Å². The van der Waals surface area contributed by atoms with Crippen molar-refractivity contribution in [2.75, 3.05) is 6.54 Å². The molecule has 2 rings (SSSR count). The Kier molecular flexibility index (Phi) is 4.59. The van der Waals surface area contributed by atoms with Crippen molar-refractivity contribution in [2.24, 2.45) is 0 Å². The van der Waals surface area contributed by atoms with Crippen LogP contribution in [0.25, 0.3) is 0 Å². The molecule has 0 aromatic heterocycles. The Labute approximate surface area is 119 Å². The van der Waals surface area contributed by atoms with E-state index in [1.807, 2.05) is 0 Å². The van der Waals surface area contributed by atoms with Gasteiger partial charge in [0.1, 0.15) is 5.82 Å². The largest absolute Gasteiger partial charge is 0.387 e. The first-order valence-electron chi connectivity index (χ1n) is 6.15. The molecule has 0 saturated heterocycles. The summed E-state index contributed by atoms with van der Waals surface area (Å²) in [7, 11) is 0. The van der Waals surface area contributed by atoms with E-state index in [4.69, 9.17) is 0 Å². The van der Waals surface area contributed by atoms with E-state index in [0.29, 0.717) is 0 Å². The summed E-state index contributed by atoms with van der Waals surface area (Å²) in [5.41, 5.74) is -0.0438. The van der Waals surface area contributed by atoms with E-state index >= 15 is 0 Å². The standard InChI is InChI=1S/C15H12F3NO2/c16-11-4-2-1-3-10(11)15(21)19-8-14(20)9-5-6-12(17)13(18)7-9/h1-7,14,20H,8H2,(H,19,21)/t14-/m0/s1. The van der Waals surface area contributed by atoms with Crippen molar-refractivity contribution in [1.82, 2.24) is 5.32 Å². The Morgan fingerprint density at radius 2 is 1.76 bits per heavy atom. The molecule has 2 N–H and O–H groups in total. The summed E-state index contributed by atoms with van der Waals surface area (Å²) in [6.45, 7) is -0.252. The highest BCUT2D eigenvalue weighted by Crippen LogP contribution is 2.16. The number of benzene rings is 2. The fourth-order valence-corrected chi connectivity index (χ4v) is 1.77. The summed E-state index contributed by atoms with van der Waals surface area (Å²) in [5.74, 6) is -3.50. The van der Waals surface area contributed by atoms with E-state index in [1.54, 1.807) is 0 Å². The van der Waals surface area contributed by atoms with E-state index in [0.717, 1.165) is 18.2 Å². The number of aliphatic hydroxyl groups excluding tert-OH is 1. The van der Waals surface area contributed by atoms with Crippen LogP contribution in [-0.4, -0.2) is 17.6 Å². The summed E-state index contributed by atoms with van der Waals surface area (Å²) in [4.78, 5) is 11.7. The molecule has 0 radical (unpaired) electrons. The first kappa shape index (κ1) is 15.1. The lowest BCUT2D eigenvalue weighted by atomic mass is 10.1. The number of hydrogen-bond donors (Lipinski definition) is 2. The number of rotatable bonds is 4. The van der Waals surface area contributed by atoms with Gasteiger partial charge in [0.25, 0.3) is 5.91 Å². The summed E-state index contributed by atoms with van der Waals surface area (Å²) < 4.78 is 39.2. The Bertz CT molecular complexity index is 661. The number of carbonyl (C=O) groups excluding carboxylic acids is 1. The third-order valence-electron chi connectivity index (χ3n) is 2.90. The molecule has 0 aliphatic heterocycles. The molecule has 0 saturated carbocycles. The number of amides is 1. The molecule has 1 atom stereocenters. The molecule has 3 nitrogen and oxygen atoms in total. The van der Waals surface area contributed by atoms with Crippen molar-refractivity contribution >= 4 is 5.91 Å². The lowest BCUT2D eigenvalue weighted by Gasteiger charge is -2.13. The topological polar surface area (TPSA) is 49.3 Å². The number of carbonyl (C=O) groups is 1. The van der Waals surface area contributed by atoms with Gasteiger partial charge in [-0.05, 0) is 29.8 Å². The molecule has 0 aliphatic carbocycles. The molecule has 0 unspecified atom stereocenters. The second-order valence-electron chi connectivity index (χ2n) is 4.38. The third kappa shape index (κ3) is 3.61. The maximum Gasteiger partial charge on any atom is 0.254 e. The van der Waals surface area contributed by atoms with Crippen LogP contribution < -0.4 is 5.32 Å². The fraction of sp³-hybridized carbons (Fsp3) is 0.133. The Balaban J connectivity index is 2.01. The van der Waals surface area contributed by atoms with Crippen LogP contribution >= 0.6 is 0 Å². The summed E-state index contributed by atoms with van der Waals surface area (Å²) in [5, 5.41) is 12.1. The quantitative estimate of drug-likeness (QED) is 0.911. The van der Waals surface area contributed by atoms with Crippen LogP contribution in [0.4, 0.5) is 13.2 Å². The normalized spacial score (nSPS) is 12.0. The first-order valence-corrected chi connectivity index (χ1v) is 6.15. The van der Waals surface area contributed by atoms with Gasteiger partial charge in [-0.2, -0.15) is 0 Å². The summed E-state index contributed by atoms with van der Waals surface area (Å²) >= 11 is 0. The van der Waals surface area contributed by atoms with E-state index in [9.17, 15) is 23.1 Å². The highest BCUT2D eigenvalue weighted by molar-refractivity contribution is 5.94. The van der Waals surface area contributed by atoms with Gasteiger partial charge >= 0.3 is 0 Å². The molecule has 0 aliphatic rings. The fourth-order valence-electron chi connectivity index (χ4n) is 1.77. The smallest absolute Gasteiger partial charge is 0.254 e. The third-order valence-corrected chi connectivity index (χ3v) is 2.90. The van der Waals surface area contributed by atoms with Crippen LogP contribution in [-0.2, 0) is 0 Å². The molecule has 0 fully saturated rings. The molecule has 2 aromatic carbocycles. The van der Waals surface area contributed by atoms with E-state index in [2.05, 4.69) is 5.32 Å². The molecule has 0 bridgehead atoms. The minimum absolute atomic E-state index is 0.114. The average Bonchev–Trinajstić information content (AvgIpc) is 2.47. The van der Waals surface area contributed by atoms with E-state index in [1.165, 1.54) is 24.3 Å². The van der Waals surface area contributed by atoms with Gasteiger partial charge in [-0.3, -0.25) is 4.79 Å². The minimum Gasteiger partial charge on any atom is -0.387 e. The monoisotopic (exact) mass is 295 g/mol. The molecule has 21 heavy (non-hydrogen) atoms. The van der Waals surface area contributed by atoms with Crippen molar-refractivity contribution in [3.8, 4) is 0 Å². The van der Waals surface area contributed by atoms with Crippen LogP contribution in [0.1, 0.15) is 22.0 Å². The van der Waals surface area contributed by atoms with Crippen LogP contribution in [0.15, 0.2) is 42.5 Å². The zero-order valence-electron chi connectivity index (χ0n) is 10.8. The molecule has 0 spiro atoms. The average molecular weight is 295 g/mol. The van der Waals surface area contributed by atoms with Crippen LogP contribution in [0, 0.1) is 17.5 Å². The predicted molar refractivity (Wildman–Crippen MR) is 70.1 cm³/mol. The molecule has 0 heterocycles. The van der Waals surface area contributed by atoms with Crippen molar-refractivity contribution in [3.05, 3.63) is 71.0 Å². The van der Waals surface area contributed by atoms with Gasteiger partial charge in [-0.25, -0.2) is 13.2 Å². The molecule has 6 heteroatoms. The SMILES string of the molecule is O=C(NC[C@H](O)c1ccc(F)c(F)c1)c1ccccc1F. The van der Waals surface area contributed by atoms with Gasteiger partial charge in [0, 0.05) is 6.54 Å². The highest BCUT2D eigenvalue weighted by Gasteiger charge is 2.14. The Morgan fingerprint density at radius 3 is 2.43 bits per heavy atom. The highest BCUT2D eigenvalue weighted by atomic mass is 19.2. The minimum atomic E-state index is -1.23.